The van der Waals surface area contributed by atoms with Crippen LogP contribution in [-0.2, 0) is 16.2 Å². The van der Waals surface area contributed by atoms with Gasteiger partial charge in [0, 0.05) is 5.69 Å². The van der Waals surface area contributed by atoms with Gasteiger partial charge in [0.05, 0.1) is 15.6 Å². The van der Waals surface area contributed by atoms with E-state index in [9.17, 15) is 18.8 Å². The summed E-state index contributed by atoms with van der Waals surface area (Å²) in [6, 6.07) is 16.9. The van der Waals surface area contributed by atoms with E-state index in [1.165, 1.54) is 25.3 Å². The van der Waals surface area contributed by atoms with Crippen LogP contribution in [0, 0.1) is 16.3 Å². The lowest BCUT2D eigenvalue weighted by Gasteiger charge is -2.14. The molecule has 0 spiro atoms. The number of methoxy groups -OCH3 is 1. The van der Waals surface area contributed by atoms with Crippen LogP contribution in [-0.4, -0.2) is 35.6 Å². The number of benzene rings is 3. The Kier molecular flexibility index (Phi) is 8.49. The highest BCUT2D eigenvalue weighted by atomic mass is 127. The van der Waals surface area contributed by atoms with Gasteiger partial charge in [-0.3, -0.25) is 19.3 Å². The lowest BCUT2D eigenvalue weighted by molar-refractivity contribution is -0.127. The first-order valence-electron chi connectivity index (χ1n) is 11.1. The van der Waals surface area contributed by atoms with Crippen molar-refractivity contribution in [3.05, 3.63) is 91.6 Å². The summed E-state index contributed by atoms with van der Waals surface area (Å²) in [5.41, 5.74) is 3.04. The average Bonchev–Trinajstić information content (AvgIpc) is 3.10. The van der Waals surface area contributed by atoms with Crippen LogP contribution in [0.5, 0.6) is 11.5 Å². The summed E-state index contributed by atoms with van der Waals surface area (Å²) in [4.78, 5) is 38.7. The number of ether oxygens (including phenoxy) is 2. The van der Waals surface area contributed by atoms with Crippen LogP contribution in [0.25, 0.3) is 6.08 Å². The van der Waals surface area contributed by atoms with E-state index >= 15 is 0 Å². The van der Waals surface area contributed by atoms with Crippen LogP contribution in [0.15, 0.2) is 65.6 Å². The van der Waals surface area contributed by atoms with Gasteiger partial charge in [0.1, 0.15) is 19.0 Å². The second kappa shape index (κ2) is 11.8. The molecular formula is C27H22FIN2O5S. The van der Waals surface area contributed by atoms with Crippen molar-refractivity contribution in [3.8, 4) is 11.5 Å². The van der Waals surface area contributed by atoms with Gasteiger partial charge in [-0.25, -0.2) is 4.39 Å². The number of nitrogens with zero attached hydrogens (tertiary/aromatic N) is 1. The molecule has 1 fully saturated rings. The molecule has 3 amide bonds. The molecule has 0 saturated carbocycles. The van der Waals surface area contributed by atoms with Crippen molar-refractivity contribution in [1.82, 2.24) is 4.90 Å². The topological polar surface area (TPSA) is 84.9 Å². The third-order valence-electron chi connectivity index (χ3n) is 5.30. The molecule has 190 valence electrons. The van der Waals surface area contributed by atoms with Crippen LogP contribution in [0.1, 0.15) is 16.7 Å². The molecule has 0 bridgehead atoms. The summed E-state index contributed by atoms with van der Waals surface area (Å²) >= 11 is 2.87. The van der Waals surface area contributed by atoms with Gasteiger partial charge in [-0.1, -0.05) is 35.9 Å². The molecule has 0 radical (unpaired) electrons. The van der Waals surface area contributed by atoms with Crippen molar-refractivity contribution in [2.75, 3.05) is 19.0 Å². The van der Waals surface area contributed by atoms with E-state index in [-0.39, 0.29) is 10.6 Å². The molecule has 1 aliphatic rings. The maximum absolute atomic E-state index is 13.3. The number of carbonyl (C=O) groups excluding carboxylic acids is 3. The fraction of sp³-hybridized carbons (Fsp3) is 0.148. The molecule has 1 aliphatic heterocycles. The molecule has 0 atom stereocenters. The van der Waals surface area contributed by atoms with Crippen LogP contribution in [0.3, 0.4) is 0 Å². The molecule has 0 aromatic heterocycles. The minimum Gasteiger partial charge on any atom is -0.493 e. The van der Waals surface area contributed by atoms with E-state index in [2.05, 4.69) is 27.9 Å². The molecule has 1 saturated heterocycles. The molecule has 3 aromatic rings. The first-order chi connectivity index (χ1) is 17.7. The Bertz CT molecular complexity index is 1410. The van der Waals surface area contributed by atoms with Gasteiger partial charge < -0.3 is 14.8 Å². The Morgan fingerprint density at radius 1 is 1.14 bits per heavy atom. The third kappa shape index (κ3) is 6.69. The Hall–Kier alpha value is -3.38. The van der Waals surface area contributed by atoms with E-state index in [0.717, 1.165) is 37.4 Å². The number of imide groups is 1. The molecule has 1 N–H and O–H groups in total. The minimum absolute atomic E-state index is 0.176. The van der Waals surface area contributed by atoms with Crippen LogP contribution >= 0.6 is 34.4 Å². The molecule has 37 heavy (non-hydrogen) atoms. The standard InChI is InChI=1S/C27H22FIN2O5S/c1-16-5-3-6-17(9-16)15-36-25-21(29)10-18(11-22(25)35-2)12-23-26(33)31(27(34)37-23)14-24(32)30-20-8-4-7-19(28)13-20/h3-13H,14-15H2,1-2H3,(H,30,32)/b23-12+. The smallest absolute Gasteiger partial charge is 0.294 e. The van der Waals surface area contributed by atoms with Crippen molar-refractivity contribution in [1.29, 1.82) is 0 Å². The molecule has 3 aromatic carbocycles. The van der Waals surface area contributed by atoms with E-state index in [1.54, 1.807) is 12.1 Å². The van der Waals surface area contributed by atoms with Gasteiger partial charge in [-0.05, 0) is 88.8 Å². The lowest BCUT2D eigenvalue weighted by atomic mass is 10.1. The van der Waals surface area contributed by atoms with Crippen molar-refractivity contribution in [2.24, 2.45) is 0 Å². The number of aryl methyl sites for hydroxylation is 1. The van der Waals surface area contributed by atoms with Gasteiger partial charge >= 0.3 is 0 Å². The van der Waals surface area contributed by atoms with Crippen LogP contribution in [0.4, 0.5) is 14.9 Å². The summed E-state index contributed by atoms with van der Waals surface area (Å²) in [6.45, 7) is 1.90. The number of amides is 3. The Morgan fingerprint density at radius 3 is 2.65 bits per heavy atom. The fourth-order valence-electron chi connectivity index (χ4n) is 3.62. The SMILES string of the molecule is COc1cc(/C=C2/SC(=O)N(CC(=O)Nc3cccc(F)c3)C2=O)cc(I)c1OCc1cccc(C)c1. The molecule has 1 heterocycles. The van der Waals surface area contributed by atoms with Gasteiger partial charge in [0.2, 0.25) is 5.91 Å². The number of hydrogen-bond donors (Lipinski definition) is 1. The summed E-state index contributed by atoms with van der Waals surface area (Å²) in [5, 5.41) is 1.92. The largest absolute Gasteiger partial charge is 0.493 e. The highest BCUT2D eigenvalue weighted by molar-refractivity contribution is 14.1. The number of carbonyl (C=O) groups is 3. The van der Waals surface area contributed by atoms with Crippen LogP contribution < -0.4 is 14.8 Å². The molecule has 0 unspecified atom stereocenters. The summed E-state index contributed by atoms with van der Waals surface area (Å²) in [5.74, 6) is -0.648. The number of anilines is 1. The number of thioether (sulfide) groups is 1. The Labute approximate surface area is 231 Å². The lowest BCUT2D eigenvalue weighted by Crippen LogP contribution is -2.36. The van der Waals surface area contributed by atoms with Gasteiger partial charge in [-0.15, -0.1) is 0 Å². The van der Waals surface area contributed by atoms with E-state index in [0.29, 0.717) is 23.7 Å². The second-order valence-electron chi connectivity index (χ2n) is 8.14. The van der Waals surface area contributed by atoms with Crippen molar-refractivity contribution < 1.29 is 28.2 Å². The zero-order valence-corrected chi connectivity index (χ0v) is 22.9. The molecular weight excluding hydrogens is 610 g/mol. The quantitative estimate of drug-likeness (QED) is 0.242. The maximum atomic E-state index is 13.3. The molecule has 10 heteroatoms. The van der Waals surface area contributed by atoms with Crippen molar-refractivity contribution >= 4 is 63.2 Å². The highest BCUT2D eigenvalue weighted by Gasteiger charge is 2.36. The second-order valence-corrected chi connectivity index (χ2v) is 10.3. The first kappa shape index (κ1) is 26.7. The van der Waals surface area contributed by atoms with Crippen molar-refractivity contribution in [3.63, 3.8) is 0 Å². The molecule has 4 rings (SSSR count). The minimum atomic E-state index is -0.611. The van der Waals surface area contributed by atoms with Gasteiger partial charge in [0.15, 0.2) is 11.5 Å². The zero-order valence-electron chi connectivity index (χ0n) is 19.9. The Balaban J connectivity index is 1.47. The van der Waals surface area contributed by atoms with E-state index < -0.39 is 29.4 Å². The number of halogens is 2. The first-order valence-corrected chi connectivity index (χ1v) is 13.0. The third-order valence-corrected chi connectivity index (χ3v) is 7.01. The predicted molar refractivity (Wildman–Crippen MR) is 149 cm³/mol. The fourth-order valence-corrected chi connectivity index (χ4v) is 5.24. The highest BCUT2D eigenvalue weighted by Crippen LogP contribution is 2.37. The van der Waals surface area contributed by atoms with Gasteiger partial charge in [-0.2, -0.15) is 0 Å². The number of nitrogens with one attached hydrogen (secondary N) is 1. The maximum Gasteiger partial charge on any atom is 0.294 e. The zero-order chi connectivity index (χ0) is 26.5. The van der Waals surface area contributed by atoms with Crippen LogP contribution in [0.2, 0.25) is 0 Å². The number of rotatable bonds is 8. The summed E-state index contributed by atoms with van der Waals surface area (Å²) < 4.78 is 25.7. The number of hydrogen-bond acceptors (Lipinski definition) is 6. The molecule has 7 nitrogen and oxygen atoms in total. The van der Waals surface area contributed by atoms with Crippen molar-refractivity contribution in [2.45, 2.75) is 13.5 Å². The predicted octanol–water partition coefficient (Wildman–Crippen LogP) is 6.00. The van der Waals surface area contributed by atoms with E-state index in [4.69, 9.17) is 9.47 Å². The normalized spacial score (nSPS) is 14.3. The van der Waals surface area contributed by atoms with E-state index in [1.807, 2.05) is 37.3 Å². The average molecular weight is 632 g/mol. The summed E-state index contributed by atoms with van der Waals surface area (Å²) in [7, 11) is 1.53. The summed E-state index contributed by atoms with van der Waals surface area (Å²) in [6.07, 6.45) is 1.57. The molecule has 0 aliphatic carbocycles. The monoisotopic (exact) mass is 632 g/mol. The Morgan fingerprint density at radius 2 is 1.92 bits per heavy atom. The van der Waals surface area contributed by atoms with Gasteiger partial charge in [0.25, 0.3) is 11.1 Å².